The van der Waals surface area contributed by atoms with Gasteiger partial charge in [-0.05, 0) is 33.3 Å². The minimum absolute atomic E-state index is 0.245. The number of nitrogens with zero attached hydrogens (tertiary/aromatic N) is 2. The summed E-state index contributed by atoms with van der Waals surface area (Å²) in [6.45, 7) is 5.90. The molecule has 0 unspecified atom stereocenters. The van der Waals surface area contributed by atoms with Crippen LogP contribution in [-0.2, 0) is 9.53 Å². The van der Waals surface area contributed by atoms with Crippen molar-refractivity contribution in [2.45, 2.75) is 38.8 Å². The Morgan fingerprint density at radius 3 is 2.68 bits per heavy atom. The molecule has 1 aromatic rings. The van der Waals surface area contributed by atoms with E-state index >= 15 is 0 Å². The van der Waals surface area contributed by atoms with Crippen LogP contribution in [0.25, 0.3) is 0 Å². The number of anilines is 1. The highest BCUT2D eigenvalue weighted by Crippen LogP contribution is 2.23. The van der Waals surface area contributed by atoms with E-state index in [2.05, 4.69) is 10.3 Å². The summed E-state index contributed by atoms with van der Waals surface area (Å²) < 4.78 is 10.3. The van der Waals surface area contributed by atoms with Gasteiger partial charge in [0.25, 0.3) is 0 Å². The molecule has 1 saturated heterocycles. The van der Waals surface area contributed by atoms with E-state index in [1.54, 1.807) is 39.1 Å². The molecule has 1 aliphatic heterocycles. The minimum Gasteiger partial charge on any atom is -0.481 e. The Hall–Kier alpha value is -2.31. The fraction of sp³-hybridized carbons (Fsp3) is 0.533. The van der Waals surface area contributed by atoms with Crippen LogP contribution in [0.4, 0.5) is 10.5 Å². The molecule has 120 valence electrons. The van der Waals surface area contributed by atoms with E-state index in [9.17, 15) is 9.59 Å². The molecule has 1 aliphatic rings. The molecule has 1 aromatic heterocycles. The van der Waals surface area contributed by atoms with Gasteiger partial charge in [0, 0.05) is 24.5 Å². The van der Waals surface area contributed by atoms with Crippen molar-refractivity contribution in [3.05, 3.63) is 18.3 Å². The summed E-state index contributed by atoms with van der Waals surface area (Å²) in [6.07, 6.45) is 1.69. The average molecular weight is 307 g/mol. The largest absolute Gasteiger partial charge is 0.481 e. The zero-order valence-electron chi connectivity index (χ0n) is 13.3. The molecule has 2 heterocycles. The molecule has 2 rings (SSSR count). The summed E-state index contributed by atoms with van der Waals surface area (Å²) in [5.74, 6) is 0.167. The Balaban J connectivity index is 1.96. The van der Waals surface area contributed by atoms with Crippen LogP contribution in [0.1, 0.15) is 27.2 Å². The Morgan fingerprint density at radius 2 is 2.14 bits per heavy atom. The number of methoxy groups -OCH3 is 1. The van der Waals surface area contributed by atoms with Gasteiger partial charge in [-0.1, -0.05) is 0 Å². The van der Waals surface area contributed by atoms with Gasteiger partial charge in [0.1, 0.15) is 11.6 Å². The molecule has 0 saturated carbocycles. The van der Waals surface area contributed by atoms with E-state index in [4.69, 9.17) is 9.47 Å². The van der Waals surface area contributed by atoms with E-state index in [0.717, 1.165) is 0 Å². The van der Waals surface area contributed by atoms with Crippen LogP contribution < -0.4 is 10.1 Å². The van der Waals surface area contributed by atoms with Crippen molar-refractivity contribution in [3.8, 4) is 5.88 Å². The first-order valence-electron chi connectivity index (χ1n) is 7.10. The molecule has 1 atom stereocenters. The van der Waals surface area contributed by atoms with Crippen LogP contribution in [0.5, 0.6) is 5.88 Å². The number of hydrogen-bond donors (Lipinski definition) is 1. The molecule has 2 amide bonds. The van der Waals surface area contributed by atoms with Gasteiger partial charge >= 0.3 is 6.09 Å². The fourth-order valence-corrected chi connectivity index (χ4v) is 2.02. The number of aromatic nitrogens is 1. The second kappa shape index (κ2) is 6.21. The average Bonchev–Trinajstić information content (AvgIpc) is 2.35. The summed E-state index contributed by atoms with van der Waals surface area (Å²) >= 11 is 0. The van der Waals surface area contributed by atoms with Gasteiger partial charge in [-0.25, -0.2) is 9.78 Å². The van der Waals surface area contributed by atoms with Crippen molar-refractivity contribution in [1.82, 2.24) is 9.88 Å². The lowest BCUT2D eigenvalue weighted by Crippen LogP contribution is -2.57. The molecular formula is C15H21N3O4. The molecule has 0 radical (unpaired) electrons. The summed E-state index contributed by atoms with van der Waals surface area (Å²) in [4.78, 5) is 29.7. The van der Waals surface area contributed by atoms with Gasteiger partial charge in [0.2, 0.25) is 11.8 Å². The third-order valence-corrected chi connectivity index (χ3v) is 3.16. The second-order valence-electron chi connectivity index (χ2n) is 6.05. The number of ether oxygens (including phenoxy) is 2. The normalized spacial score (nSPS) is 17.5. The SMILES string of the molecule is COc1cc(NC(=O)[C@H]2CCN2C(=O)OC(C)(C)C)ccn1. The molecular weight excluding hydrogens is 286 g/mol. The molecule has 22 heavy (non-hydrogen) atoms. The van der Waals surface area contributed by atoms with E-state index < -0.39 is 17.7 Å². The maximum atomic E-state index is 12.3. The monoisotopic (exact) mass is 307 g/mol. The number of carbonyl (C=O) groups excluding carboxylic acids is 2. The molecule has 7 nitrogen and oxygen atoms in total. The minimum atomic E-state index is -0.577. The Bertz CT molecular complexity index is 568. The van der Waals surface area contributed by atoms with Crippen LogP contribution in [-0.4, -0.2) is 47.2 Å². The lowest BCUT2D eigenvalue weighted by molar-refractivity contribution is -0.125. The highest BCUT2D eigenvalue weighted by atomic mass is 16.6. The van der Waals surface area contributed by atoms with Crippen molar-refractivity contribution in [2.75, 3.05) is 19.0 Å². The maximum absolute atomic E-state index is 12.3. The number of pyridine rings is 1. The van der Waals surface area contributed by atoms with Gasteiger partial charge in [0.15, 0.2) is 0 Å². The van der Waals surface area contributed by atoms with Crippen LogP contribution in [0.2, 0.25) is 0 Å². The first kappa shape index (κ1) is 16.1. The summed E-state index contributed by atoms with van der Waals surface area (Å²) in [6, 6.07) is 2.78. The molecule has 1 N–H and O–H groups in total. The van der Waals surface area contributed by atoms with Gasteiger partial charge < -0.3 is 14.8 Å². The Labute approximate surface area is 129 Å². The van der Waals surface area contributed by atoms with E-state index in [1.165, 1.54) is 12.0 Å². The first-order valence-corrected chi connectivity index (χ1v) is 7.10. The summed E-state index contributed by atoms with van der Waals surface area (Å²) in [7, 11) is 1.50. The van der Waals surface area contributed by atoms with Crippen molar-refractivity contribution >= 4 is 17.7 Å². The van der Waals surface area contributed by atoms with Crippen LogP contribution in [0, 0.1) is 0 Å². The summed E-state index contributed by atoms with van der Waals surface area (Å²) in [5.41, 5.74) is -0.000468. The maximum Gasteiger partial charge on any atom is 0.410 e. The Morgan fingerprint density at radius 1 is 1.41 bits per heavy atom. The smallest absolute Gasteiger partial charge is 0.410 e. The highest BCUT2D eigenvalue weighted by Gasteiger charge is 2.39. The zero-order valence-corrected chi connectivity index (χ0v) is 13.3. The van der Waals surface area contributed by atoms with E-state index in [0.29, 0.717) is 24.5 Å². The van der Waals surface area contributed by atoms with Crippen molar-refractivity contribution in [3.63, 3.8) is 0 Å². The number of likely N-dealkylation sites (tertiary alicyclic amines) is 1. The van der Waals surface area contributed by atoms with Crippen LogP contribution in [0.15, 0.2) is 18.3 Å². The van der Waals surface area contributed by atoms with Crippen molar-refractivity contribution in [2.24, 2.45) is 0 Å². The third kappa shape index (κ3) is 3.87. The lowest BCUT2D eigenvalue weighted by atomic mass is 10.0. The number of nitrogens with one attached hydrogen (secondary N) is 1. The predicted octanol–water partition coefficient (Wildman–Crippen LogP) is 2.04. The molecule has 0 aliphatic carbocycles. The van der Waals surface area contributed by atoms with E-state index in [1.807, 2.05) is 0 Å². The number of rotatable bonds is 3. The van der Waals surface area contributed by atoms with Crippen LogP contribution in [0.3, 0.4) is 0 Å². The quantitative estimate of drug-likeness (QED) is 0.924. The molecule has 7 heteroatoms. The number of hydrogen-bond acceptors (Lipinski definition) is 5. The van der Waals surface area contributed by atoms with Crippen molar-refractivity contribution in [1.29, 1.82) is 0 Å². The van der Waals surface area contributed by atoms with Gasteiger partial charge in [0.05, 0.1) is 7.11 Å². The highest BCUT2D eigenvalue weighted by molar-refractivity contribution is 5.97. The molecule has 1 fully saturated rings. The molecule has 0 aromatic carbocycles. The fourth-order valence-electron chi connectivity index (χ4n) is 2.02. The Kier molecular flexibility index (Phi) is 4.54. The van der Waals surface area contributed by atoms with E-state index in [-0.39, 0.29) is 5.91 Å². The number of amides is 2. The molecule has 0 bridgehead atoms. The molecule has 0 spiro atoms. The number of carbonyl (C=O) groups is 2. The van der Waals surface area contributed by atoms with Gasteiger partial charge in [-0.2, -0.15) is 0 Å². The van der Waals surface area contributed by atoms with Gasteiger partial charge in [-0.15, -0.1) is 0 Å². The second-order valence-corrected chi connectivity index (χ2v) is 6.05. The summed E-state index contributed by atoms with van der Waals surface area (Å²) in [5, 5.41) is 2.76. The van der Waals surface area contributed by atoms with Crippen molar-refractivity contribution < 1.29 is 19.1 Å². The zero-order chi connectivity index (χ0) is 16.3. The third-order valence-electron chi connectivity index (χ3n) is 3.16. The first-order chi connectivity index (χ1) is 10.3. The predicted molar refractivity (Wildman–Crippen MR) is 80.8 cm³/mol. The van der Waals surface area contributed by atoms with Crippen LogP contribution >= 0.6 is 0 Å². The topological polar surface area (TPSA) is 80.8 Å². The van der Waals surface area contributed by atoms with Gasteiger partial charge in [-0.3, -0.25) is 9.69 Å². The lowest BCUT2D eigenvalue weighted by Gasteiger charge is -2.40. The standard InChI is InChI=1S/C15H21N3O4/c1-15(2,3)22-14(20)18-8-6-11(18)13(19)17-10-5-7-16-12(9-10)21-4/h5,7,9,11H,6,8H2,1-4H3,(H,16,17,19)/t11-/m1/s1.